The zero-order chi connectivity index (χ0) is 14.8. The molecule has 1 atom stereocenters. The van der Waals surface area contributed by atoms with Crippen LogP contribution in [0, 0.1) is 35.0 Å². The minimum atomic E-state index is 0. The topological polar surface area (TPSA) is 46.3 Å². The van der Waals surface area contributed by atoms with Crippen LogP contribution in [0.15, 0.2) is 0 Å². The lowest BCUT2D eigenvalue weighted by Gasteiger charge is -2.55. The van der Waals surface area contributed by atoms with Crippen LogP contribution in [0.2, 0.25) is 0 Å². The fraction of sp³-hybridized carbons (Fsp3) is 0.944. The minimum Gasteiger partial charge on any atom is -0.342 e. The highest BCUT2D eigenvalue weighted by Crippen LogP contribution is 2.57. The largest absolute Gasteiger partial charge is 0.342 e. The van der Waals surface area contributed by atoms with E-state index in [4.69, 9.17) is 5.73 Å². The number of likely N-dealkylation sites (tertiary alicyclic amines) is 1. The quantitative estimate of drug-likeness (QED) is 0.805. The van der Waals surface area contributed by atoms with Gasteiger partial charge in [0.1, 0.15) is 0 Å². The summed E-state index contributed by atoms with van der Waals surface area (Å²) in [5.41, 5.74) is 6.30. The van der Waals surface area contributed by atoms with Gasteiger partial charge in [0.2, 0.25) is 5.91 Å². The molecule has 4 saturated carbocycles. The molecule has 0 aromatic heterocycles. The molecule has 1 amide bonds. The molecule has 1 heterocycles. The summed E-state index contributed by atoms with van der Waals surface area (Å²) in [5.74, 6) is 4.12. The van der Waals surface area contributed by atoms with Gasteiger partial charge >= 0.3 is 0 Å². The normalized spacial score (nSPS) is 45.5. The molecule has 5 aliphatic rings. The van der Waals surface area contributed by atoms with Crippen LogP contribution in [0.4, 0.5) is 0 Å². The number of nitrogens with two attached hydrogens (primary N) is 1. The van der Waals surface area contributed by atoms with Crippen molar-refractivity contribution in [2.45, 2.75) is 58.4 Å². The molecule has 126 valence electrons. The van der Waals surface area contributed by atoms with Crippen molar-refractivity contribution in [1.29, 1.82) is 0 Å². The van der Waals surface area contributed by atoms with Gasteiger partial charge in [0, 0.05) is 25.0 Å². The number of hydrogen-bond donors (Lipinski definition) is 1. The van der Waals surface area contributed by atoms with Crippen LogP contribution < -0.4 is 5.73 Å². The predicted molar refractivity (Wildman–Crippen MR) is 90.7 cm³/mol. The smallest absolute Gasteiger partial charge is 0.226 e. The molecule has 0 radical (unpaired) electrons. The Hall–Kier alpha value is -0.280. The molecule has 5 rings (SSSR count). The van der Waals surface area contributed by atoms with Gasteiger partial charge in [0.05, 0.1) is 0 Å². The zero-order valence-corrected chi connectivity index (χ0v) is 14.8. The summed E-state index contributed by atoms with van der Waals surface area (Å²) in [6.07, 6.45) is 7.76. The van der Waals surface area contributed by atoms with Crippen LogP contribution in [-0.4, -0.2) is 29.9 Å². The highest BCUT2D eigenvalue weighted by Gasteiger charge is 2.52. The number of amides is 1. The Morgan fingerprint density at radius 2 is 1.59 bits per heavy atom. The van der Waals surface area contributed by atoms with Gasteiger partial charge in [-0.2, -0.15) is 0 Å². The average molecular weight is 327 g/mol. The lowest BCUT2D eigenvalue weighted by atomic mass is 9.51. The maximum absolute atomic E-state index is 13.2. The van der Waals surface area contributed by atoms with Crippen molar-refractivity contribution >= 4 is 18.3 Å². The number of piperidine rings is 1. The lowest BCUT2D eigenvalue weighted by molar-refractivity contribution is -0.152. The zero-order valence-electron chi connectivity index (χ0n) is 14.0. The highest BCUT2D eigenvalue weighted by molar-refractivity contribution is 5.85. The Bertz CT molecular complexity index is 422. The first-order chi connectivity index (χ1) is 9.94. The van der Waals surface area contributed by atoms with E-state index in [-0.39, 0.29) is 23.9 Å². The van der Waals surface area contributed by atoms with E-state index in [1.807, 2.05) is 0 Å². The number of carbonyl (C=O) groups excluding carboxylic acids is 1. The lowest BCUT2D eigenvalue weighted by Crippen LogP contribution is -2.58. The summed E-state index contributed by atoms with van der Waals surface area (Å²) in [4.78, 5) is 15.3. The highest BCUT2D eigenvalue weighted by atomic mass is 35.5. The Labute approximate surface area is 140 Å². The number of halogens is 1. The van der Waals surface area contributed by atoms with E-state index >= 15 is 0 Å². The Morgan fingerprint density at radius 3 is 2.09 bits per heavy atom. The van der Waals surface area contributed by atoms with Gasteiger partial charge in [-0.05, 0) is 67.6 Å². The summed E-state index contributed by atoms with van der Waals surface area (Å²) in [6, 6.07) is 0.236. The minimum absolute atomic E-state index is 0. The molecular formula is C18H31ClN2O. The second kappa shape index (κ2) is 5.66. The Kier molecular flexibility index (Phi) is 4.27. The number of nitrogens with zero attached hydrogens (tertiary/aromatic N) is 1. The molecule has 4 heteroatoms. The summed E-state index contributed by atoms with van der Waals surface area (Å²) < 4.78 is 0. The molecule has 3 nitrogen and oxygen atoms in total. The predicted octanol–water partition coefficient (Wildman–Crippen LogP) is 3.07. The van der Waals surface area contributed by atoms with E-state index in [0.29, 0.717) is 23.7 Å². The van der Waals surface area contributed by atoms with Crippen LogP contribution in [0.25, 0.3) is 0 Å². The van der Waals surface area contributed by atoms with Gasteiger partial charge in [-0.3, -0.25) is 4.79 Å². The summed E-state index contributed by atoms with van der Waals surface area (Å²) in [5, 5.41) is 0. The monoisotopic (exact) mass is 326 g/mol. The van der Waals surface area contributed by atoms with Gasteiger partial charge in [-0.15, -0.1) is 12.4 Å². The summed E-state index contributed by atoms with van der Waals surface area (Å²) in [6.45, 7) is 6.17. The van der Waals surface area contributed by atoms with Crippen LogP contribution in [0.3, 0.4) is 0 Å². The van der Waals surface area contributed by atoms with Gasteiger partial charge < -0.3 is 10.6 Å². The second-order valence-electron chi connectivity index (χ2n) is 9.10. The average Bonchev–Trinajstić information content (AvgIpc) is 2.40. The van der Waals surface area contributed by atoms with E-state index < -0.39 is 0 Å². The van der Waals surface area contributed by atoms with Crippen molar-refractivity contribution in [3.05, 3.63) is 0 Å². The molecule has 4 aliphatic carbocycles. The third-order valence-corrected chi connectivity index (χ3v) is 7.14. The van der Waals surface area contributed by atoms with E-state index in [1.165, 1.54) is 32.1 Å². The summed E-state index contributed by atoms with van der Waals surface area (Å²) in [7, 11) is 0. The molecule has 0 aromatic rings. The molecule has 2 N–H and O–H groups in total. The first-order valence-corrected chi connectivity index (χ1v) is 8.98. The van der Waals surface area contributed by atoms with Crippen molar-refractivity contribution in [1.82, 2.24) is 4.90 Å². The van der Waals surface area contributed by atoms with Gasteiger partial charge in [-0.25, -0.2) is 0 Å². The number of hydrogen-bond acceptors (Lipinski definition) is 2. The molecule has 0 spiro atoms. The summed E-state index contributed by atoms with van der Waals surface area (Å²) >= 11 is 0. The molecule has 0 aromatic carbocycles. The number of carbonyl (C=O) groups is 1. The Morgan fingerprint density at radius 1 is 1.05 bits per heavy atom. The van der Waals surface area contributed by atoms with E-state index in [0.717, 1.165) is 31.3 Å². The van der Waals surface area contributed by atoms with Crippen LogP contribution in [0.5, 0.6) is 0 Å². The van der Waals surface area contributed by atoms with Crippen LogP contribution in [0.1, 0.15) is 52.4 Å². The number of rotatable bonds is 1. The van der Waals surface area contributed by atoms with Gasteiger partial charge in [0.25, 0.3) is 0 Å². The Balaban J connectivity index is 0.00000144. The van der Waals surface area contributed by atoms with E-state index in [2.05, 4.69) is 18.7 Å². The first-order valence-electron chi connectivity index (χ1n) is 8.98. The molecule has 1 aliphatic heterocycles. The van der Waals surface area contributed by atoms with Gasteiger partial charge in [-0.1, -0.05) is 13.8 Å². The molecule has 4 bridgehead atoms. The van der Waals surface area contributed by atoms with E-state index in [9.17, 15) is 4.79 Å². The van der Waals surface area contributed by atoms with E-state index in [1.54, 1.807) is 0 Å². The van der Waals surface area contributed by atoms with Crippen LogP contribution in [-0.2, 0) is 4.79 Å². The maximum Gasteiger partial charge on any atom is 0.226 e. The third kappa shape index (κ3) is 2.58. The first kappa shape index (κ1) is 16.6. The molecule has 22 heavy (non-hydrogen) atoms. The molecule has 5 fully saturated rings. The standard InChI is InChI=1S/C18H30N2O.ClH/c1-18(2)10-20(4-3-15(18)19)17(21)16-13-6-11-5-12(8-13)9-14(16)7-11;/h11-16H,3-10,19H2,1-2H3;1H. The fourth-order valence-electron chi connectivity index (χ4n) is 6.10. The fourth-order valence-corrected chi connectivity index (χ4v) is 6.10. The second-order valence-corrected chi connectivity index (χ2v) is 9.10. The van der Waals surface area contributed by atoms with Crippen molar-refractivity contribution < 1.29 is 4.79 Å². The van der Waals surface area contributed by atoms with Crippen molar-refractivity contribution in [2.75, 3.05) is 13.1 Å². The van der Waals surface area contributed by atoms with Crippen molar-refractivity contribution in [2.24, 2.45) is 40.7 Å². The van der Waals surface area contributed by atoms with Gasteiger partial charge in [0.15, 0.2) is 0 Å². The molecular weight excluding hydrogens is 296 g/mol. The third-order valence-electron chi connectivity index (χ3n) is 7.14. The van der Waals surface area contributed by atoms with Crippen molar-refractivity contribution in [3.8, 4) is 0 Å². The molecule has 1 saturated heterocycles. The van der Waals surface area contributed by atoms with Crippen molar-refractivity contribution in [3.63, 3.8) is 0 Å². The molecule has 1 unspecified atom stereocenters. The maximum atomic E-state index is 13.2. The van der Waals surface area contributed by atoms with Crippen LogP contribution >= 0.6 is 12.4 Å². The SMILES string of the molecule is CC1(C)CN(C(=O)C2C3CC4CC(C3)CC2C4)CCC1N.Cl.